The van der Waals surface area contributed by atoms with E-state index in [0.717, 1.165) is 12.0 Å². The second-order valence-corrected chi connectivity index (χ2v) is 6.70. The topological polar surface area (TPSA) is 64.6 Å². The number of halogens is 1. The molecule has 2 atom stereocenters. The lowest BCUT2D eigenvalue weighted by molar-refractivity contribution is 0.168. The van der Waals surface area contributed by atoms with E-state index in [0.29, 0.717) is 6.54 Å². The lowest BCUT2D eigenvalue weighted by Crippen LogP contribution is -2.41. The van der Waals surface area contributed by atoms with Gasteiger partial charge in [0.2, 0.25) is 0 Å². The molecule has 0 aliphatic carbocycles. The van der Waals surface area contributed by atoms with Crippen molar-refractivity contribution >= 4 is 6.03 Å². The van der Waals surface area contributed by atoms with Crippen molar-refractivity contribution in [2.24, 2.45) is 0 Å². The molecule has 3 N–H and O–H groups in total. The lowest BCUT2D eigenvalue weighted by atomic mass is 10.0. The van der Waals surface area contributed by atoms with Gasteiger partial charge in [-0.1, -0.05) is 49.4 Å². The van der Waals surface area contributed by atoms with Crippen LogP contribution >= 0.6 is 0 Å². The van der Waals surface area contributed by atoms with Gasteiger partial charge in [-0.25, -0.2) is 9.18 Å². The van der Waals surface area contributed by atoms with Gasteiger partial charge in [0.15, 0.2) is 0 Å². The molecule has 2 rings (SSSR count). The molecule has 0 heterocycles. The molecule has 0 saturated carbocycles. The van der Waals surface area contributed by atoms with E-state index in [1.165, 1.54) is 17.7 Å². The van der Waals surface area contributed by atoms with Crippen LogP contribution in [0.5, 0.6) is 0 Å². The van der Waals surface area contributed by atoms with Crippen LogP contribution in [-0.2, 0) is 6.42 Å². The van der Waals surface area contributed by atoms with E-state index in [1.807, 2.05) is 19.0 Å². The Morgan fingerprint density at radius 1 is 1.07 bits per heavy atom. The summed E-state index contributed by atoms with van der Waals surface area (Å²) in [5, 5.41) is 15.5. The van der Waals surface area contributed by atoms with Crippen molar-refractivity contribution in [1.29, 1.82) is 0 Å². The molecule has 0 aliphatic rings. The molecule has 2 amide bonds. The summed E-state index contributed by atoms with van der Waals surface area (Å²) in [6, 6.07) is 13.9. The minimum Gasteiger partial charge on any atom is -0.386 e. The first-order valence-corrected chi connectivity index (χ1v) is 9.11. The summed E-state index contributed by atoms with van der Waals surface area (Å²) in [5.74, 6) is -0.490. The summed E-state index contributed by atoms with van der Waals surface area (Å²) in [6.45, 7) is 2.46. The van der Waals surface area contributed by atoms with Gasteiger partial charge in [0.25, 0.3) is 0 Å². The van der Waals surface area contributed by atoms with Crippen LogP contribution in [0, 0.1) is 5.82 Å². The zero-order valence-corrected chi connectivity index (χ0v) is 16.1. The normalized spacial score (nSPS) is 13.3. The number of amides is 2. The molecule has 2 aromatic rings. The van der Waals surface area contributed by atoms with Crippen LogP contribution in [0.3, 0.4) is 0 Å². The zero-order chi connectivity index (χ0) is 19.8. The van der Waals surface area contributed by atoms with Gasteiger partial charge in [-0.15, -0.1) is 0 Å². The van der Waals surface area contributed by atoms with E-state index in [4.69, 9.17) is 0 Å². The number of nitrogens with zero attached hydrogens (tertiary/aromatic N) is 1. The predicted octanol–water partition coefficient (Wildman–Crippen LogP) is 3.02. The molecule has 6 heteroatoms. The average Bonchev–Trinajstić information content (AvgIpc) is 2.67. The highest BCUT2D eigenvalue weighted by atomic mass is 19.1. The van der Waals surface area contributed by atoms with Crippen LogP contribution in [-0.4, -0.2) is 43.2 Å². The molecule has 0 radical (unpaired) electrons. The molecular weight excluding hydrogens is 345 g/mol. The molecule has 0 aliphatic heterocycles. The van der Waals surface area contributed by atoms with Crippen molar-refractivity contribution in [1.82, 2.24) is 15.5 Å². The number of hydrogen-bond acceptors (Lipinski definition) is 3. The van der Waals surface area contributed by atoms with Crippen molar-refractivity contribution in [2.45, 2.75) is 25.5 Å². The first-order valence-electron chi connectivity index (χ1n) is 9.11. The highest BCUT2D eigenvalue weighted by Gasteiger charge is 2.17. The first-order chi connectivity index (χ1) is 12.9. The van der Waals surface area contributed by atoms with E-state index in [-0.39, 0.29) is 18.2 Å². The monoisotopic (exact) mass is 373 g/mol. The van der Waals surface area contributed by atoms with Crippen molar-refractivity contribution < 1.29 is 14.3 Å². The number of carbonyl (C=O) groups excluding carboxylic acids is 1. The van der Waals surface area contributed by atoms with Gasteiger partial charge in [0, 0.05) is 18.7 Å². The molecule has 0 fully saturated rings. The summed E-state index contributed by atoms with van der Waals surface area (Å²) in [7, 11) is 3.92. The standard InChI is InChI=1S/C21H28FN3O2/c1-4-15-9-11-16(12-10-15)19(25(2)3)13-23-21(27)24-14-20(26)17-7-5-6-8-18(17)22/h5-12,19-20,26H,4,13-14H2,1-3H3,(H2,23,24,27). The molecule has 2 aromatic carbocycles. The van der Waals surface area contributed by atoms with Crippen molar-refractivity contribution in [3.63, 3.8) is 0 Å². The highest BCUT2D eigenvalue weighted by Crippen LogP contribution is 2.18. The Morgan fingerprint density at radius 3 is 2.30 bits per heavy atom. The molecule has 2 unspecified atom stereocenters. The number of carbonyl (C=O) groups is 1. The van der Waals surface area contributed by atoms with Gasteiger partial charge in [-0.3, -0.25) is 0 Å². The first kappa shape index (κ1) is 20.9. The van der Waals surface area contributed by atoms with E-state index in [2.05, 4.69) is 41.8 Å². The van der Waals surface area contributed by atoms with Crippen LogP contribution < -0.4 is 10.6 Å². The number of hydrogen-bond donors (Lipinski definition) is 3. The van der Waals surface area contributed by atoms with E-state index in [1.54, 1.807) is 12.1 Å². The third-order valence-corrected chi connectivity index (χ3v) is 4.57. The van der Waals surface area contributed by atoms with Crippen LogP contribution in [0.2, 0.25) is 0 Å². The summed E-state index contributed by atoms with van der Waals surface area (Å²) in [6.07, 6.45) is -0.110. The molecule has 0 bridgehead atoms. The number of likely N-dealkylation sites (N-methyl/N-ethyl adjacent to an activating group) is 1. The van der Waals surface area contributed by atoms with E-state index < -0.39 is 18.0 Å². The maximum Gasteiger partial charge on any atom is 0.314 e. The molecule has 0 spiro atoms. The van der Waals surface area contributed by atoms with Crippen LogP contribution in [0.15, 0.2) is 48.5 Å². The van der Waals surface area contributed by atoms with Crippen molar-refractivity contribution in [3.05, 3.63) is 71.0 Å². The minimum absolute atomic E-state index is 0.0261. The maximum absolute atomic E-state index is 13.7. The van der Waals surface area contributed by atoms with Gasteiger partial charge in [-0.2, -0.15) is 0 Å². The largest absolute Gasteiger partial charge is 0.386 e. The predicted molar refractivity (Wildman–Crippen MR) is 105 cm³/mol. The van der Waals surface area contributed by atoms with Gasteiger partial charge >= 0.3 is 6.03 Å². The molecule has 146 valence electrons. The lowest BCUT2D eigenvalue weighted by Gasteiger charge is -2.25. The molecule has 5 nitrogen and oxygen atoms in total. The fraction of sp³-hybridized carbons (Fsp3) is 0.381. The molecule has 27 heavy (non-hydrogen) atoms. The third kappa shape index (κ3) is 6.05. The Labute approximate surface area is 160 Å². The van der Waals surface area contributed by atoms with Gasteiger partial charge < -0.3 is 20.6 Å². The molecule has 0 saturated heterocycles. The number of rotatable bonds is 8. The number of aliphatic hydroxyl groups excluding tert-OH is 1. The van der Waals surface area contributed by atoms with Crippen LogP contribution in [0.4, 0.5) is 9.18 Å². The summed E-state index contributed by atoms with van der Waals surface area (Å²) in [5.41, 5.74) is 2.55. The van der Waals surface area contributed by atoms with Crippen LogP contribution in [0.1, 0.15) is 35.8 Å². The van der Waals surface area contributed by atoms with Gasteiger partial charge in [0.05, 0.1) is 12.1 Å². The molecule has 0 aromatic heterocycles. The van der Waals surface area contributed by atoms with E-state index >= 15 is 0 Å². The summed E-state index contributed by atoms with van der Waals surface area (Å²) in [4.78, 5) is 14.1. The minimum atomic E-state index is -1.09. The SMILES string of the molecule is CCc1ccc(C(CNC(=O)NCC(O)c2ccccc2F)N(C)C)cc1. The second kappa shape index (κ2) is 10.0. The molecular formula is C21H28FN3O2. The number of urea groups is 1. The quantitative estimate of drug-likeness (QED) is 0.666. The fourth-order valence-corrected chi connectivity index (χ4v) is 2.87. The Kier molecular flexibility index (Phi) is 7.76. The number of aliphatic hydroxyl groups is 1. The Morgan fingerprint density at radius 2 is 1.70 bits per heavy atom. The summed E-state index contributed by atoms with van der Waals surface area (Å²) < 4.78 is 13.7. The number of benzene rings is 2. The Hall–Kier alpha value is -2.44. The average molecular weight is 373 g/mol. The van der Waals surface area contributed by atoms with Gasteiger partial charge in [-0.05, 0) is 37.7 Å². The smallest absolute Gasteiger partial charge is 0.314 e. The van der Waals surface area contributed by atoms with Crippen molar-refractivity contribution in [2.75, 3.05) is 27.2 Å². The number of aryl methyl sites for hydroxylation is 1. The second-order valence-electron chi connectivity index (χ2n) is 6.70. The fourth-order valence-electron chi connectivity index (χ4n) is 2.87. The third-order valence-electron chi connectivity index (χ3n) is 4.57. The summed E-state index contributed by atoms with van der Waals surface area (Å²) >= 11 is 0. The van der Waals surface area contributed by atoms with Gasteiger partial charge in [0.1, 0.15) is 5.82 Å². The maximum atomic E-state index is 13.7. The highest BCUT2D eigenvalue weighted by molar-refractivity contribution is 5.73. The Bertz CT molecular complexity index is 734. The number of nitrogens with one attached hydrogen (secondary N) is 2. The van der Waals surface area contributed by atoms with Crippen molar-refractivity contribution in [3.8, 4) is 0 Å². The van der Waals surface area contributed by atoms with E-state index in [9.17, 15) is 14.3 Å². The Balaban J connectivity index is 1.87. The van der Waals surface area contributed by atoms with Crippen LogP contribution in [0.25, 0.3) is 0 Å². The zero-order valence-electron chi connectivity index (χ0n) is 16.1.